The minimum Gasteiger partial charge on any atom is -0.489 e. The van der Waals surface area contributed by atoms with Crippen LogP contribution in [0.1, 0.15) is 6.92 Å². The van der Waals surface area contributed by atoms with E-state index in [-0.39, 0.29) is 0 Å². The van der Waals surface area contributed by atoms with Crippen LogP contribution in [-0.4, -0.2) is 29.8 Å². The Bertz CT molecular complexity index is 902. The van der Waals surface area contributed by atoms with Crippen molar-refractivity contribution in [1.82, 2.24) is 9.97 Å². The predicted octanol–water partition coefficient (Wildman–Crippen LogP) is 3.48. The van der Waals surface area contributed by atoms with Crippen LogP contribution in [-0.2, 0) is 4.74 Å². The molecule has 0 saturated carbocycles. The van der Waals surface area contributed by atoms with E-state index in [4.69, 9.17) is 20.9 Å². The molecular formula is C18H19IN4O2. The maximum atomic E-state index is 6.12. The molecular weight excluding hydrogens is 431 g/mol. The normalized spacial score (nSPS) is 11.0. The molecule has 3 aromatic rings. The van der Waals surface area contributed by atoms with Crippen LogP contribution < -0.4 is 16.2 Å². The van der Waals surface area contributed by atoms with Gasteiger partial charge in [-0.05, 0) is 47.7 Å². The van der Waals surface area contributed by atoms with Crippen molar-refractivity contribution in [1.29, 1.82) is 0 Å². The smallest absolute Gasteiger partial charge is 0.162 e. The van der Waals surface area contributed by atoms with Crippen molar-refractivity contribution in [2.45, 2.75) is 6.92 Å². The lowest BCUT2D eigenvalue weighted by Crippen LogP contribution is -2.08. The molecule has 0 saturated heterocycles. The van der Waals surface area contributed by atoms with E-state index in [0.717, 1.165) is 9.13 Å². The Morgan fingerprint density at radius 1 is 1.08 bits per heavy atom. The zero-order valence-corrected chi connectivity index (χ0v) is 16.0. The number of nitrogens with two attached hydrogens (primary N) is 2. The van der Waals surface area contributed by atoms with E-state index in [2.05, 4.69) is 32.6 Å². The summed E-state index contributed by atoms with van der Waals surface area (Å²) in [4.78, 5) is 9.05. The van der Waals surface area contributed by atoms with E-state index < -0.39 is 0 Å². The van der Waals surface area contributed by atoms with E-state index in [1.54, 1.807) is 12.1 Å². The van der Waals surface area contributed by atoms with Gasteiger partial charge in [0.25, 0.3) is 0 Å². The summed E-state index contributed by atoms with van der Waals surface area (Å²) >= 11 is 2.26. The second kappa shape index (κ2) is 7.83. The van der Waals surface area contributed by atoms with Crippen molar-refractivity contribution in [3.05, 3.63) is 40.0 Å². The molecule has 6 nitrogen and oxygen atoms in total. The summed E-state index contributed by atoms with van der Waals surface area (Å²) in [6.45, 7) is 3.53. The summed E-state index contributed by atoms with van der Waals surface area (Å²) in [5, 5.41) is 0.712. The number of hydrogen-bond acceptors (Lipinski definition) is 6. The van der Waals surface area contributed by atoms with Gasteiger partial charge < -0.3 is 20.9 Å². The van der Waals surface area contributed by atoms with E-state index >= 15 is 0 Å². The molecule has 0 spiro atoms. The molecule has 1 heterocycles. The van der Waals surface area contributed by atoms with Gasteiger partial charge in [-0.3, -0.25) is 0 Å². The van der Waals surface area contributed by atoms with Crippen LogP contribution in [0.25, 0.3) is 22.3 Å². The lowest BCUT2D eigenvalue weighted by atomic mass is 10.1. The number of rotatable bonds is 6. The molecule has 7 heteroatoms. The third-order valence-electron chi connectivity index (χ3n) is 3.63. The minimum atomic E-state index is 0.395. The van der Waals surface area contributed by atoms with E-state index in [1.165, 1.54) is 0 Å². The van der Waals surface area contributed by atoms with Crippen LogP contribution in [0.4, 0.5) is 11.5 Å². The van der Waals surface area contributed by atoms with Gasteiger partial charge in [-0.15, -0.1) is 0 Å². The van der Waals surface area contributed by atoms with Crippen molar-refractivity contribution in [3.63, 3.8) is 0 Å². The predicted molar refractivity (Wildman–Crippen MR) is 109 cm³/mol. The summed E-state index contributed by atoms with van der Waals surface area (Å²) < 4.78 is 12.1. The number of benzene rings is 2. The lowest BCUT2D eigenvalue weighted by Gasteiger charge is -2.12. The average molecular weight is 450 g/mol. The Labute approximate surface area is 159 Å². The van der Waals surface area contributed by atoms with E-state index in [9.17, 15) is 0 Å². The molecule has 0 unspecified atom stereocenters. The Morgan fingerprint density at radius 3 is 2.68 bits per heavy atom. The Hall–Kier alpha value is -2.13. The van der Waals surface area contributed by atoms with Gasteiger partial charge in [0.1, 0.15) is 18.2 Å². The number of fused-ring (bicyclic) bond motifs is 1. The number of nitrogen functional groups attached to an aromatic ring is 2. The maximum absolute atomic E-state index is 6.12. The maximum Gasteiger partial charge on any atom is 0.162 e. The molecule has 0 radical (unpaired) electrons. The molecule has 0 atom stereocenters. The molecule has 0 aliphatic rings. The standard InChI is InChI=1S/C18H19IN4O2/c1-2-24-6-7-25-16-10-15-13(9-14(16)20)17(21)23-18(22-15)11-4-3-5-12(19)8-11/h3-5,8-10H,2,6-7,20H2,1H3,(H2,21,22,23). The van der Waals surface area contributed by atoms with Gasteiger partial charge in [0, 0.05) is 27.2 Å². The molecule has 3 rings (SSSR count). The molecule has 130 valence electrons. The molecule has 0 amide bonds. The molecule has 25 heavy (non-hydrogen) atoms. The Kier molecular flexibility index (Phi) is 5.54. The fraction of sp³-hybridized carbons (Fsp3) is 0.222. The summed E-state index contributed by atoms with van der Waals surface area (Å²) in [6, 6.07) is 11.5. The van der Waals surface area contributed by atoms with Gasteiger partial charge in [-0.2, -0.15) is 0 Å². The number of nitrogens with zero attached hydrogens (tertiary/aromatic N) is 2. The second-order valence-corrected chi connectivity index (χ2v) is 6.64. The third-order valence-corrected chi connectivity index (χ3v) is 4.30. The van der Waals surface area contributed by atoms with Crippen LogP contribution in [0.2, 0.25) is 0 Å². The first kappa shape index (κ1) is 17.7. The van der Waals surface area contributed by atoms with Crippen molar-refractivity contribution in [3.8, 4) is 17.1 Å². The number of anilines is 2. The number of ether oxygens (including phenoxy) is 2. The monoisotopic (exact) mass is 450 g/mol. The fourth-order valence-electron chi connectivity index (χ4n) is 2.43. The van der Waals surface area contributed by atoms with E-state index in [1.807, 2.05) is 31.2 Å². The highest BCUT2D eigenvalue weighted by molar-refractivity contribution is 14.1. The summed E-state index contributed by atoms with van der Waals surface area (Å²) in [5.41, 5.74) is 14.3. The molecule has 0 aliphatic heterocycles. The first-order valence-corrected chi connectivity index (χ1v) is 8.99. The van der Waals surface area contributed by atoms with Crippen molar-refractivity contribution >= 4 is 45.0 Å². The molecule has 2 aromatic carbocycles. The molecule has 4 N–H and O–H groups in total. The van der Waals surface area contributed by atoms with Gasteiger partial charge in [-0.1, -0.05) is 12.1 Å². The molecule has 0 fully saturated rings. The van der Waals surface area contributed by atoms with Crippen molar-refractivity contribution < 1.29 is 9.47 Å². The van der Waals surface area contributed by atoms with E-state index in [0.29, 0.717) is 53.8 Å². The first-order valence-electron chi connectivity index (χ1n) is 7.91. The van der Waals surface area contributed by atoms with Crippen molar-refractivity contribution in [2.24, 2.45) is 0 Å². The zero-order valence-electron chi connectivity index (χ0n) is 13.8. The summed E-state index contributed by atoms with van der Waals surface area (Å²) in [7, 11) is 0. The van der Waals surface area contributed by atoms with Crippen LogP contribution >= 0.6 is 22.6 Å². The van der Waals surface area contributed by atoms with Gasteiger partial charge in [0.05, 0.1) is 17.8 Å². The first-order chi connectivity index (χ1) is 12.1. The van der Waals surface area contributed by atoms with Crippen LogP contribution in [0.3, 0.4) is 0 Å². The fourth-order valence-corrected chi connectivity index (χ4v) is 2.98. The highest BCUT2D eigenvalue weighted by Crippen LogP contribution is 2.31. The molecule has 1 aromatic heterocycles. The van der Waals surface area contributed by atoms with Crippen LogP contribution in [0, 0.1) is 3.57 Å². The van der Waals surface area contributed by atoms with Gasteiger partial charge in [-0.25, -0.2) is 9.97 Å². The summed E-state index contributed by atoms with van der Waals surface area (Å²) in [6.07, 6.45) is 0. The average Bonchev–Trinajstić information content (AvgIpc) is 2.59. The minimum absolute atomic E-state index is 0.395. The highest BCUT2D eigenvalue weighted by atomic mass is 127. The number of aromatic nitrogens is 2. The second-order valence-electron chi connectivity index (χ2n) is 5.40. The number of halogens is 1. The van der Waals surface area contributed by atoms with Gasteiger partial charge >= 0.3 is 0 Å². The highest BCUT2D eigenvalue weighted by Gasteiger charge is 2.11. The largest absolute Gasteiger partial charge is 0.489 e. The Balaban J connectivity index is 1.99. The quantitative estimate of drug-likeness (QED) is 0.339. The zero-order chi connectivity index (χ0) is 17.8. The topological polar surface area (TPSA) is 96.3 Å². The SMILES string of the molecule is CCOCCOc1cc2nc(-c3cccc(I)c3)nc(N)c2cc1N. The lowest BCUT2D eigenvalue weighted by molar-refractivity contribution is 0.110. The third kappa shape index (κ3) is 4.10. The van der Waals surface area contributed by atoms with Gasteiger partial charge in [0.2, 0.25) is 0 Å². The van der Waals surface area contributed by atoms with Crippen LogP contribution in [0.15, 0.2) is 36.4 Å². The van der Waals surface area contributed by atoms with Crippen molar-refractivity contribution in [2.75, 3.05) is 31.3 Å². The molecule has 0 bridgehead atoms. The van der Waals surface area contributed by atoms with Crippen LogP contribution in [0.5, 0.6) is 5.75 Å². The Morgan fingerprint density at radius 2 is 1.92 bits per heavy atom. The summed E-state index contributed by atoms with van der Waals surface area (Å²) in [5.74, 6) is 1.54. The molecule has 0 aliphatic carbocycles. The number of hydrogen-bond donors (Lipinski definition) is 2. The van der Waals surface area contributed by atoms with Gasteiger partial charge in [0.15, 0.2) is 5.82 Å².